The second-order valence-corrected chi connectivity index (χ2v) is 9.56. The summed E-state index contributed by atoms with van der Waals surface area (Å²) in [4.78, 5) is 33.4. The first kappa shape index (κ1) is 30.8. The van der Waals surface area contributed by atoms with Crippen molar-refractivity contribution in [2.24, 2.45) is 0 Å². The van der Waals surface area contributed by atoms with Crippen molar-refractivity contribution in [2.45, 2.75) is 84.2 Å². The smallest absolute Gasteiger partial charge is 0.222 e. The van der Waals surface area contributed by atoms with E-state index in [9.17, 15) is 14.7 Å². The van der Waals surface area contributed by atoms with Crippen molar-refractivity contribution in [1.82, 2.24) is 19.6 Å². The third-order valence-electron chi connectivity index (χ3n) is 5.62. The van der Waals surface area contributed by atoms with Gasteiger partial charge in [0.2, 0.25) is 11.8 Å². The Kier molecular flexibility index (Phi) is 18.6. The average molecular weight is 457 g/mol. The number of rotatable bonds is 20. The van der Waals surface area contributed by atoms with E-state index in [1.165, 1.54) is 0 Å². The predicted octanol–water partition coefficient (Wildman–Crippen LogP) is 3.07. The van der Waals surface area contributed by atoms with Gasteiger partial charge in [-0.3, -0.25) is 9.59 Å². The molecule has 0 rings (SSSR count). The molecule has 0 saturated heterocycles. The molecule has 0 bridgehead atoms. The highest BCUT2D eigenvalue weighted by Crippen LogP contribution is 2.09. The molecular formula is C25H52N4O3. The van der Waals surface area contributed by atoms with Crippen molar-refractivity contribution in [1.29, 1.82) is 0 Å². The van der Waals surface area contributed by atoms with Gasteiger partial charge in [0.25, 0.3) is 0 Å². The van der Waals surface area contributed by atoms with Crippen LogP contribution >= 0.6 is 0 Å². The molecule has 0 aromatic heterocycles. The summed E-state index contributed by atoms with van der Waals surface area (Å²) in [6.45, 7) is 7.95. The fraction of sp³-hybridized carbons (Fsp3) is 0.920. The molecule has 0 unspecified atom stereocenters. The largest absolute Gasteiger partial charge is 0.389 e. The molecule has 0 radical (unpaired) electrons. The van der Waals surface area contributed by atoms with E-state index in [0.717, 1.165) is 64.5 Å². The quantitative estimate of drug-likeness (QED) is 0.285. The van der Waals surface area contributed by atoms with Gasteiger partial charge in [0.1, 0.15) is 0 Å². The SMILES string of the molecule is CCCCCC(=O)N(CCCN(C)C)CC(O)CN(CCCN(C)C)C(=O)CCCCC. The third-order valence-corrected chi connectivity index (χ3v) is 5.62. The average Bonchev–Trinajstić information content (AvgIpc) is 2.72. The maximum Gasteiger partial charge on any atom is 0.222 e. The van der Waals surface area contributed by atoms with Crippen LogP contribution in [0.5, 0.6) is 0 Å². The fourth-order valence-electron chi connectivity index (χ4n) is 3.73. The highest BCUT2D eigenvalue weighted by molar-refractivity contribution is 5.77. The molecule has 32 heavy (non-hydrogen) atoms. The molecule has 0 saturated carbocycles. The van der Waals surface area contributed by atoms with Gasteiger partial charge >= 0.3 is 0 Å². The third kappa shape index (κ3) is 16.5. The van der Waals surface area contributed by atoms with Crippen LogP contribution in [0.2, 0.25) is 0 Å². The molecule has 0 aliphatic heterocycles. The second-order valence-electron chi connectivity index (χ2n) is 9.56. The fourth-order valence-corrected chi connectivity index (χ4v) is 3.73. The Hall–Kier alpha value is -1.18. The highest BCUT2D eigenvalue weighted by Gasteiger charge is 2.21. The first-order chi connectivity index (χ1) is 15.2. The number of hydrogen-bond donors (Lipinski definition) is 1. The molecule has 0 atom stereocenters. The molecule has 0 spiro atoms. The topological polar surface area (TPSA) is 67.3 Å². The van der Waals surface area contributed by atoms with Crippen LogP contribution in [0.1, 0.15) is 78.1 Å². The summed E-state index contributed by atoms with van der Waals surface area (Å²) >= 11 is 0. The van der Waals surface area contributed by atoms with Gasteiger partial charge in [-0.05, 0) is 67.0 Å². The molecule has 190 valence electrons. The van der Waals surface area contributed by atoms with Gasteiger partial charge in [0, 0.05) is 39.0 Å². The lowest BCUT2D eigenvalue weighted by Gasteiger charge is -2.30. The van der Waals surface area contributed by atoms with Gasteiger partial charge in [-0.2, -0.15) is 0 Å². The van der Waals surface area contributed by atoms with E-state index in [4.69, 9.17) is 0 Å². The molecular weight excluding hydrogens is 404 g/mol. The van der Waals surface area contributed by atoms with Crippen molar-refractivity contribution < 1.29 is 14.7 Å². The van der Waals surface area contributed by atoms with E-state index in [1.807, 2.05) is 38.0 Å². The monoisotopic (exact) mass is 456 g/mol. The van der Waals surface area contributed by atoms with E-state index in [0.29, 0.717) is 39.0 Å². The summed E-state index contributed by atoms with van der Waals surface area (Å²) in [7, 11) is 8.10. The molecule has 7 heteroatoms. The number of nitrogens with zero attached hydrogens (tertiary/aromatic N) is 4. The van der Waals surface area contributed by atoms with Gasteiger partial charge in [0.05, 0.1) is 6.10 Å². The molecule has 1 N–H and O–H groups in total. The van der Waals surface area contributed by atoms with E-state index in [-0.39, 0.29) is 11.8 Å². The maximum absolute atomic E-state index is 12.8. The molecule has 0 aliphatic rings. The normalized spacial score (nSPS) is 11.6. The Bertz CT molecular complexity index is 444. The van der Waals surface area contributed by atoms with Gasteiger partial charge in [-0.1, -0.05) is 39.5 Å². The van der Waals surface area contributed by atoms with Gasteiger partial charge < -0.3 is 24.7 Å². The Morgan fingerprint density at radius 1 is 0.625 bits per heavy atom. The zero-order valence-corrected chi connectivity index (χ0v) is 21.9. The van der Waals surface area contributed by atoms with Crippen LogP contribution in [0.4, 0.5) is 0 Å². The lowest BCUT2D eigenvalue weighted by atomic mass is 10.1. The van der Waals surface area contributed by atoms with Crippen LogP contribution in [-0.4, -0.2) is 110 Å². The van der Waals surface area contributed by atoms with E-state index in [2.05, 4.69) is 23.6 Å². The lowest BCUT2D eigenvalue weighted by Crippen LogP contribution is -2.45. The van der Waals surface area contributed by atoms with E-state index >= 15 is 0 Å². The van der Waals surface area contributed by atoms with Crippen LogP contribution in [0.3, 0.4) is 0 Å². The van der Waals surface area contributed by atoms with Crippen LogP contribution in [0, 0.1) is 0 Å². The number of aliphatic hydroxyl groups is 1. The zero-order valence-electron chi connectivity index (χ0n) is 21.9. The van der Waals surface area contributed by atoms with Crippen LogP contribution in [0.25, 0.3) is 0 Å². The van der Waals surface area contributed by atoms with Gasteiger partial charge in [0.15, 0.2) is 0 Å². The Morgan fingerprint density at radius 2 is 1.00 bits per heavy atom. The first-order valence-corrected chi connectivity index (χ1v) is 12.7. The number of hydrogen-bond acceptors (Lipinski definition) is 5. The Morgan fingerprint density at radius 3 is 1.31 bits per heavy atom. The molecule has 0 aromatic carbocycles. The minimum Gasteiger partial charge on any atom is -0.389 e. The zero-order chi connectivity index (χ0) is 24.4. The van der Waals surface area contributed by atoms with Crippen molar-refractivity contribution in [3.63, 3.8) is 0 Å². The molecule has 0 heterocycles. The van der Waals surface area contributed by atoms with Crippen molar-refractivity contribution in [3.05, 3.63) is 0 Å². The first-order valence-electron chi connectivity index (χ1n) is 12.7. The Labute approximate surface area is 198 Å². The molecule has 2 amide bonds. The highest BCUT2D eigenvalue weighted by atomic mass is 16.3. The second kappa shape index (κ2) is 19.3. The van der Waals surface area contributed by atoms with E-state index in [1.54, 1.807) is 0 Å². The minimum absolute atomic E-state index is 0.115. The van der Waals surface area contributed by atoms with Gasteiger partial charge in [-0.15, -0.1) is 0 Å². The summed E-state index contributed by atoms with van der Waals surface area (Å²) < 4.78 is 0. The van der Waals surface area contributed by atoms with E-state index < -0.39 is 6.10 Å². The molecule has 0 fully saturated rings. The molecule has 7 nitrogen and oxygen atoms in total. The minimum atomic E-state index is -0.723. The lowest BCUT2D eigenvalue weighted by molar-refractivity contribution is -0.135. The van der Waals surface area contributed by atoms with Crippen molar-refractivity contribution in [2.75, 3.05) is 67.5 Å². The van der Waals surface area contributed by atoms with Crippen LogP contribution in [-0.2, 0) is 9.59 Å². The number of carbonyl (C=O) groups is 2. The Balaban J connectivity index is 4.97. The summed E-state index contributed by atoms with van der Waals surface area (Å²) in [6.07, 6.45) is 8.14. The number of carbonyl (C=O) groups excluding carboxylic acids is 2. The van der Waals surface area contributed by atoms with Crippen LogP contribution in [0.15, 0.2) is 0 Å². The molecule has 0 aliphatic carbocycles. The number of unbranched alkanes of at least 4 members (excludes halogenated alkanes) is 4. The standard InChI is InChI=1S/C25H52N4O3/c1-7-9-11-15-24(31)28(19-13-17-26(3)4)21-23(30)22-29(20-14-18-27(5)6)25(32)16-12-10-8-2/h23,30H,7-22H2,1-6H3. The summed E-state index contributed by atoms with van der Waals surface area (Å²) in [5.41, 5.74) is 0. The summed E-state index contributed by atoms with van der Waals surface area (Å²) in [6, 6.07) is 0. The van der Waals surface area contributed by atoms with Crippen molar-refractivity contribution in [3.8, 4) is 0 Å². The number of aliphatic hydroxyl groups excluding tert-OH is 1. The predicted molar refractivity (Wildman–Crippen MR) is 134 cm³/mol. The van der Waals surface area contributed by atoms with Crippen LogP contribution < -0.4 is 0 Å². The van der Waals surface area contributed by atoms with Crippen molar-refractivity contribution >= 4 is 11.8 Å². The summed E-state index contributed by atoms with van der Waals surface area (Å²) in [5.74, 6) is 0.231. The van der Waals surface area contributed by atoms with Gasteiger partial charge in [-0.25, -0.2) is 0 Å². The number of amides is 2. The molecule has 0 aromatic rings. The maximum atomic E-state index is 12.8. The summed E-state index contributed by atoms with van der Waals surface area (Å²) in [5, 5.41) is 10.8.